The SMILES string of the molecule is CCCCCCCCc1ccc(NC(=O)CCCCCC)c([N+](=O)[O-])c1. The number of hydrogen-bond donors (Lipinski definition) is 1. The van der Waals surface area contributed by atoms with Crippen LogP contribution in [0, 0.1) is 10.1 Å². The summed E-state index contributed by atoms with van der Waals surface area (Å²) in [6.45, 7) is 4.32. The quantitative estimate of drug-likeness (QED) is 0.236. The van der Waals surface area contributed by atoms with Gasteiger partial charge in [-0.1, -0.05) is 71.3 Å². The van der Waals surface area contributed by atoms with Gasteiger partial charge in [0.05, 0.1) is 4.92 Å². The van der Waals surface area contributed by atoms with Crippen LogP contribution in [0.4, 0.5) is 11.4 Å². The second-order valence-electron chi connectivity index (χ2n) is 6.99. The third-order valence-corrected chi connectivity index (χ3v) is 4.61. The molecule has 0 heterocycles. The van der Waals surface area contributed by atoms with Crippen molar-refractivity contribution in [3.63, 3.8) is 0 Å². The van der Waals surface area contributed by atoms with Gasteiger partial charge in [-0.3, -0.25) is 14.9 Å². The van der Waals surface area contributed by atoms with E-state index < -0.39 is 4.92 Å². The first-order valence-electron chi connectivity index (χ1n) is 10.2. The van der Waals surface area contributed by atoms with Gasteiger partial charge >= 0.3 is 0 Å². The summed E-state index contributed by atoms with van der Waals surface area (Å²) in [5, 5.41) is 14.1. The fraction of sp³-hybridized carbons (Fsp3) is 0.667. The van der Waals surface area contributed by atoms with E-state index >= 15 is 0 Å². The van der Waals surface area contributed by atoms with Gasteiger partial charge in [0, 0.05) is 12.5 Å². The number of nitro benzene ring substituents is 1. The van der Waals surface area contributed by atoms with Crippen molar-refractivity contribution in [2.75, 3.05) is 5.32 Å². The molecule has 1 amide bonds. The number of nitrogens with zero attached hydrogens (tertiary/aromatic N) is 1. The molecular formula is C21H34N2O3. The Bertz CT molecular complexity index is 558. The fourth-order valence-electron chi connectivity index (χ4n) is 3.02. The molecule has 0 spiro atoms. The number of nitro groups is 1. The molecule has 0 aliphatic carbocycles. The van der Waals surface area contributed by atoms with Crippen molar-refractivity contribution in [3.8, 4) is 0 Å². The summed E-state index contributed by atoms with van der Waals surface area (Å²) in [6, 6.07) is 5.18. The lowest BCUT2D eigenvalue weighted by Crippen LogP contribution is -2.12. The van der Waals surface area contributed by atoms with Crippen molar-refractivity contribution in [2.45, 2.75) is 90.9 Å². The number of rotatable bonds is 14. The average molecular weight is 363 g/mol. The highest BCUT2D eigenvalue weighted by molar-refractivity contribution is 5.93. The van der Waals surface area contributed by atoms with Crippen molar-refractivity contribution < 1.29 is 9.72 Å². The van der Waals surface area contributed by atoms with Crippen molar-refractivity contribution in [1.29, 1.82) is 0 Å². The summed E-state index contributed by atoms with van der Waals surface area (Å²) in [5.74, 6) is -0.145. The Morgan fingerprint density at radius 2 is 1.58 bits per heavy atom. The van der Waals surface area contributed by atoms with Crippen molar-refractivity contribution in [3.05, 3.63) is 33.9 Å². The fourth-order valence-corrected chi connectivity index (χ4v) is 3.02. The Balaban J connectivity index is 2.54. The number of unbranched alkanes of at least 4 members (excludes halogenated alkanes) is 8. The highest BCUT2D eigenvalue weighted by atomic mass is 16.6. The van der Waals surface area contributed by atoms with E-state index in [-0.39, 0.29) is 11.6 Å². The smallest absolute Gasteiger partial charge is 0.293 e. The van der Waals surface area contributed by atoms with Gasteiger partial charge in [-0.15, -0.1) is 0 Å². The number of carbonyl (C=O) groups is 1. The van der Waals surface area contributed by atoms with E-state index in [1.54, 1.807) is 12.1 Å². The van der Waals surface area contributed by atoms with Gasteiger partial charge in [-0.25, -0.2) is 0 Å². The minimum Gasteiger partial charge on any atom is -0.320 e. The normalized spacial score (nSPS) is 10.7. The number of anilines is 1. The Hall–Kier alpha value is -1.91. The van der Waals surface area contributed by atoms with Gasteiger partial charge in [0.1, 0.15) is 5.69 Å². The lowest BCUT2D eigenvalue weighted by Gasteiger charge is -2.08. The van der Waals surface area contributed by atoms with Crippen LogP contribution in [-0.4, -0.2) is 10.8 Å². The van der Waals surface area contributed by atoms with Crippen molar-refractivity contribution >= 4 is 17.3 Å². The molecule has 5 nitrogen and oxygen atoms in total. The first-order chi connectivity index (χ1) is 12.6. The van der Waals surface area contributed by atoms with Crippen LogP contribution in [0.5, 0.6) is 0 Å². The topological polar surface area (TPSA) is 72.2 Å². The van der Waals surface area contributed by atoms with E-state index in [4.69, 9.17) is 0 Å². The summed E-state index contributed by atoms with van der Waals surface area (Å²) in [5.41, 5.74) is 1.27. The van der Waals surface area contributed by atoms with Crippen molar-refractivity contribution in [2.24, 2.45) is 0 Å². The van der Waals surface area contributed by atoms with Gasteiger partial charge in [-0.05, 0) is 30.9 Å². The zero-order valence-corrected chi connectivity index (χ0v) is 16.4. The van der Waals surface area contributed by atoms with Crippen LogP contribution in [0.2, 0.25) is 0 Å². The molecule has 0 radical (unpaired) electrons. The summed E-state index contributed by atoms with van der Waals surface area (Å²) in [7, 11) is 0. The monoisotopic (exact) mass is 362 g/mol. The number of hydrogen-bond acceptors (Lipinski definition) is 3. The molecule has 0 saturated heterocycles. The van der Waals surface area contributed by atoms with Gasteiger partial charge in [0.2, 0.25) is 5.91 Å². The maximum atomic E-state index is 12.0. The molecule has 0 saturated carbocycles. The molecule has 0 bridgehead atoms. The molecule has 1 aromatic carbocycles. The molecule has 0 aromatic heterocycles. The van der Waals surface area contributed by atoms with Gasteiger partial charge in [0.15, 0.2) is 0 Å². The zero-order valence-electron chi connectivity index (χ0n) is 16.4. The second-order valence-corrected chi connectivity index (χ2v) is 6.99. The van der Waals surface area contributed by atoms with Gasteiger partial charge in [-0.2, -0.15) is 0 Å². The number of carbonyl (C=O) groups excluding carboxylic acids is 1. The van der Waals surface area contributed by atoms with Gasteiger partial charge < -0.3 is 5.32 Å². The van der Waals surface area contributed by atoms with E-state index in [0.717, 1.165) is 50.5 Å². The first-order valence-corrected chi connectivity index (χ1v) is 10.2. The predicted molar refractivity (Wildman–Crippen MR) is 108 cm³/mol. The van der Waals surface area contributed by atoms with E-state index in [0.29, 0.717) is 12.1 Å². The van der Waals surface area contributed by atoms with E-state index in [1.807, 2.05) is 6.07 Å². The minimum atomic E-state index is -0.405. The molecule has 1 N–H and O–H groups in total. The van der Waals surface area contributed by atoms with Crippen LogP contribution < -0.4 is 5.32 Å². The summed E-state index contributed by atoms with van der Waals surface area (Å²) < 4.78 is 0. The Kier molecular flexibility index (Phi) is 11.3. The second kappa shape index (κ2) is 13.3. The zero-order chi connectivity index (χ0) is 19.2. The van der Waals surface area contributed by atoms with E-state index in [9.17, 15) is 14.9 Å². The molecule has 146 valence electrons. The maximum Gasteiger partial charge on any atom is 0.293 e. The molecule has 5 heteroatoms. The Labute approximate surface area is 157 Å². The number of benzene rings is 1. The highest BCUT2D eigenvalue weighted by Gasteiger charge is 2.16. The van der Waals surface area contributed by atoms with E-state index in [2.05, 4.69) is 19.2 Å². The summed E-state index contributed by atoms with van der Waals surface area (Å²) in [6.07, 6.45) is 12.5. The molecule has 1 rings (SSSR count). The van der Waals surface area contributed by atoms with Crippen LogP contribution in [-0.2, 0) is 11.2 Å². The van der Waals surface area contributed by atoms with Crippen LogP contribution in [0.3, 0.4) is 0 Å². The standard InChI is InChI=1S/C21H34N2O3/c1-3-5-7-9-10-11-13-18-15-16-19(20(17-18)23(25)26)22-21(24)14-12-8-6-4-2/h15-17H,3-14H2,1-2H3,(H,22,24). The molecule has 0 unspecified atom stereocenters. The maximum absolute atomic E-state index is 12.0. The lowest BCUT2D eigenvalue weighted by atomic mass is 10.0. The molecule has 0 atom stereocenters. The van der Waals surface area contributed by atoms with Crippen molar-refractivity contribution in [1.82, 2.24) is 0 Å². The highest BCUT2D eigenvalue weighted by Crippen LogP contribution is 2.27. The number of aryl methyl sites for hydroxylation is 1. The largest absolute Gasteiger partial charge is 0.320 e. The third-order valence-electron chi connectivity index (χ3n) is 4.61. The molecule has 1 aromatic rings. The molecule has 0 aliphatic rings. The number of nitrogens with one attached hydrogen (secondary N) is 1. The average Bonchev–Trinajstić information content (AvgIpc) is 2.62. The molecule has 0 fully saturated rings. The van der Waals surface area contributed by atoms with Crippen LogP contribution in [0.1, 0.15) is 90.0 Å². The van der Waals surface area contributed by atoms with E-state index in [1.165, 1.54) is 25.7 Å². The summed E-state index contributed by atoms with van der Waals surface area (Å²) >= 11 is 0. The predicted octanol–water partition coefficient (Wildman–Crippen LogP) is 6.41. The van der Waals surface area contributed by atoms with Crippen LogP contribution in [0.25, 0.3) is 0 Å². The molecule has 0 aliphatic heterocycles. The Morgan fingerprint density at radius 1 is 0.962 bits per heavy atom. The lowest BCUT2D eigenvalue weighted by molar-refractivity contribution is -0.384. The summed E-state index contributed by atoms with van der Waals surface area (Å²) in [4.78, 5) is 23.0. The van der Waals surface area contributed by atoms with Crippen LogP contribution >= 0.6 is 0 Å². The first kappa shape index (κ1) is 22.1. The Morgan fingerprint density at radius 3 is 2.23 bits per heavy atom. The molecular weight excluding hydrogens is 328 g/mol. The third kappa shape index (κ3) is 8.97. The van der Waals surface area contributed by atoms with Gasteiger partial charge in [0.25, 0.3) is 5.69 Å². The molecule has 26 heavy (non-hydrogen) atoms. The number of amides is 1. The van der Waals surface area contributed by atoms with Crippen LogP contribution in [0.15, 0.2) is 18.2 Å². The minimum absolute atomic E-state index is 0.00427.